The van der Waals surface area contributed by atoms with Crippen molar-refractivity contribution >= 4 is 23.1 Å². The van der Waals surface area contributed by atoms with Crippen molar-refractivity contribution < 1.29 is 24.2 Å². The molecule has 6 nitrogen and oxygen atoms in total. The highest BCUT2D eigenvalue weighted by Crippen LogP contribution is 2.43. The second-order valence-corrected chi connectivity index (χ2v) is 10.0. The SMILES string of the molecule is CCOc1ccc(N2C(=O)C(=O)/C(=C(\O)c3ccc(OC)c(C(C)C)c3)C2c2ccc(C(C)C)cc2)cc1. The summed E-state index contributed by atoms with van der Waals surface area (Å²) in [6.45, 7) is 10.7. The fourth-order valence-electron chi connectivity index (χ4n) is 4.84. The minimum absolute atomic E-state index is 0.0565. The minimum Gasteiger partial charge on any atom is -0.507 e. The van der Waals surface area contributed by atoms with Crippen molar-refractivity contribution in [1.29, 1.82) is 0 Å². The van der Waals surface area contributed by atoms with Gasteiger partial charge < -0.3 is 14.6 Å². The molecule has 3 aromatic carbocycles. The van der Waals surface area contributed by atoms with Crippen LogP contribution >= 0.6 is 0 Å². The number of nitrogens with zero attached hydrogens (tertiary/aromatic N) is 1. The number of hydrogen-bond donors (Lipinski definition) is 1. The summed E-state index contributed by atoms with van der Waals surface area (Å²) >= 11 is 0. The van der Waals surface area contributed by atoms with Gasteiger partial charge in [0.15, 0.2) is 0 Å². The Morgan fingerprint density at radius 3 is 2.13 bits per heavy atom. The van der Waals surface area contributed by atoms with E-state index in [0.29, 0.717) is 35.3 Å². The van der Waals surface area contributed by atoms with Gasteiger partial charge in [-0.3, -0.25) is 14.5 Å². The molecule has 198 valence electrons. The number of Topliss-reactive ketones (excluding diaryl/α,β-unsaturated/α-hetero) is 1. The Balaban J connectivity index is 1.90. The Bertz CT molecular complexity index is 1350. The standard InChI is InChI=1S/C32H35NO5/c1-7-38-25-15-13-24(14-16-25)33-29(22-10-8-21(9-11-22)19(2)3)28(31(35)32(33)36)30(34)23-12-17-27(37-6)26(18-23)20(4)5/h8-20,29,34H,7H2,1-6H3/b30-28-. The maximum atomic E-state index is 13.5. The molecule has 0 saturated carbocycles. The summed E-state index contributed by atoms with van der Waals surface area (Å²) in [5.41, 5.74) is 3.84. The predicted molar refractivity (Wildman–Crippen MR) is 150 cm³/mol. The van der Waals surface area contributed by atoms with Crippen molar-refractivity contribution in [3.05, 3.63) is 94.6 Å². The predicted octanol–water partition coefficient (Wildman–Crippen LogP) is 6.97. The highest BCUT2D eigenvalue weighted by Gasteiger charge is 2.47. The zero-order valence-corrected chi connectivity index (χ0v) is 22.8. The van der Waals surface area contributed by atoms with E-state index in [1.807, 2.05) is 51.1 Å². The molecule has 1 fully saturated rings. The van der Waals surface area contributed by atoms with Crippen molar-refractivity contribution in [2.75, 3.05) is 18.6 Å². The van der Waals surface area contributed by atoms with Crippen molar-refractivity contribution in [2.24, 2.45) is 0 Å². The second kappa shape index (κ2) is 11.1. The Hall–Kier alpha value is -4.06. The van der Waals surface area contributed by atoms with Gasteiger partial charge in [0.25, 0.3) is 11.7 Å². The second-order valence-electron chi connectivity index (χ2n) is 10.0. The number of amides is 1. The van der Waals surface area contributed by atoms with E-state index in [-0.39, 0.29) is 17.3 Å². The lowest BCUT2D eigenvalue weighted by molar-refractivity contribution is -0.132. The molecule has 1 N–H and O–H groups in total. The Morgan fingerprint density at radius 2 is 1.58 bits per heavy atom. The lowest BCUT2D eigenvalue weighted by Crippen LogP contribution is -2.29. The Kier molecular flexibility index (Phi) is 7.91. The fraction of sp³-hybridized carbons (Fsp3) is 0.312. The summed E-state index contributed by atoms with van der Waals surface area (Å²) in [6, 6.07) is 19.4. The summed E-state index contributed by atoms with van der Waals surface area (Å²) in [6.07, 6.45) is 0. The van der Waals surface area contributed by atoms with Gasteiger partial charge in [0.1, 0.15) is 17.3 Å². The topological polar surface area (TPSA) is 76.1 Å². The van der Waals surface area contributed by atoms with Crippen LogP contribution in [-0.4, -0.2) is 30.5 Å². The van der Waals surface area contributed by atoms with Crippen LogP contribution < -0.4 is 14.4 Å². The number of carbonyl (C=O) groups is 2. The number of ketones is 1. The molecule has 0 aliphatic carbocycles. The lowest BCUT2D eigenvalue weighted by atomic mass is 9.92. The summed E-state index contributed by atoms with van der Waals surface area (Å²) < 4.78 is 11.0. The molecule has 0 bridgehead atoms. The molecule has 4 rings (SSSR count). The highest BCUT2D eigenvalue weighted by atomic mass is 16.5. The third kappa shape index (κ3) is 5.03. The van der Waals surface area contributed by atoms with Gasteiger partial charge >= 0.3 is 0 Å². The van der Waals surface area contributed by atoms with Gasteiger partial charge in [0.2, 0.25) is 0 Å². The van der Waals surface area contributed by atoms with Crippen LogP contribution in [0, 0.1) is 0 Å². The first-order chi connectivity index (χ1) is 18.2. The van der Waals surface area contributed by atoms with Crippen LogP contribution in [0.2, 0.25) is 0 Å². The number of anilines is 1. The normalized spacial score (nSPS) is 16.9. The third-order valence-corrected chi connectivity index (χ3v) is 6.91. The lowest BCUT2D eigenvalue weighted by Gasteiger charge is -2.26. The van der Waals surface area contributed by atoms with E-state index >= 15 is 0 Å². The number of carbonyl (C=O) groups excluding carboxylic acids is 2. The highest BCUT2D eigenvalue weighted by molar-refractivity contribution is 6.51. The van der Waals surface area contributed by atoms with Gasteiger partial charge in [-0.2, -0.15) is 0 Å². The van der Waals surface area contributed by atoms with E-state index in [2.05, 4.69) is 13.8 Å². The molecule has 1 heterocycles. The maximum absolute atomic E-state index is 13.5. The van der Waals surface area contributed by atoms with Crippen LogP contribution in [0.4, 0.5) is 5.69 Å². The smallest absolute Gasteiger partial charge is 0.300 e. The fourth-order valence-corrected chi connectivity index (χ4v) is 4.84. The van der Waals surface area contributed by atoms with Gasteiger partial charge in [-0.25, -0.2) is 0 Å². The zero-order valence-electron chi connectivity index (χ0n) is 22.8. The Labute approximate surface area is 224 Å². The van der Waals surface area contributed by atoms with Gasteiger partial charge in [-0.15, -0.1) is 0 Å². The number of hydrogen-bond acceptors (Lipinski definition) is 5. The monoisotopic (exact) mass is 513 g/mol. The summed E-state index contributed by atoms with van der Waals surface area (Å²) in [5.74, 6) is 0.206. The summed E-state index contributed by atoms with van der Waals surface area (Å²) in [4.78, 5) is 28.5. The molecule has 0 aromatic heterocycles. The first-order valence-corrected chi connectivity index (χ1v) is 13.0. The van der Waals surface area contributed by atoms with E-state index in [1.54, 1.807) is 43.5 Å². The van der Waals surface area contributed by atoms with Gasteiger partial charge in [-0.05, 0) is 77.9 Å². The van der Waals surface area contributed by atoms with E-state index in [4.69, 9.17) is 9.47 Å². The van der Waals surface area contributed by atoms with Crippen LogP contribution in [0.5, 0.6) is 11.5 Å². The van der Waals surface area contributed by atoms with E-state index in [9.17, 15) is 14.7 Å². The van der Waals surface area contributed by atoms with Gasteiger partial charge in [-0.1, -0.05) is 52.0 Å². The third-order valence-electron chi connectivity index (χ3n) is 6.91. The van der Waals surface area contributed by atoms with Crippen LogP contribution in [-0.2, 0) is 9.59 Å². The zero-order chi connectivity index (χ0) is 27.6. The number of rotatable bonds is 8. The quantitative estimate of drug-likeness (QED) is 0.200. The number of ether oxygens (including phenoxy) is 2. The number of benzene rings is 3. The van der Waals surface area contributed by atoms with Crippen molar-refractivity contribution in [3.8, 4) is 11.5 Å². The number of aliphatic hydroxyl groups is 1. The first kappa shape index (κ1) is 27.0. The van der Waals surface area contributed by atoms with Gasteiger partial charge in [0, 0.05) is 11.3 Å². The van der Waals surface area contributed by atoms with Crippen molar-refractivity contribution in [2.45, 2.75) is 52.5 Å². The molecule has 3 aromatic rings. The van der Waals surface area contributed by atoms with Crippen LogP contribution in [0.3, 0.4) is 0 Å². The molecule has 6 heteroatoms. The maximum Gasteiger partial charge on any atom is 0.300 e. The number of methoxy groups -OCH3 is 1. The molecular formula is C32H35NO5. The van der Waals surface area contributed by atoms with E-state index in [1.165, 1.54) is 4.90 Å². The minimum atomic E-state index is -0.793. The molecule has 1 amide bonds. The van der Waals surface area contributed by atoms with Crippen molar-refractivity contribution in [3.63, 3.8) is 0 Å². The number of aliphatic hydroxyl groups excluding tert-OH is 1. The molecule has 1 aliphatic rings. The molecule has 38 heavy (non-hydrogen) atoms. The van der Waals surface area contributed by atoms with Crippen LogP contribution in [0.25, 0.3) is 5.76 Å². The summed E-state index contributed by atoms with van der Waals surface area (Å²) in [7, 11) is 1.60. The van der Waals surface area contributed by atoms with Gasteiger partial charge in [0.05, 0.1) is 25.3 Å². The van der Waals surface area contributed by atoms with E-state index < -0.39 is 17.7 Å². The molecule has 0 radical (unpaired) electrons. The average Bonchev–Trinajstić information content (AvgIpc) is 3.18. The molecule has 1 aliphatic heterocycles. The largest absolute Gasteiger partial charge is 0.507 e. The molecule has 1 unspecified atom stereocenters. The average molecular weight is 514 g/mol. The summed E-state index contributed by atoms with van der Waals surface area (Å²) in [5, 5.41) is 11.6. The first-order valence-electron chi connectivity index (χ1n) is 13.0. The van der Waals surface area contributed by atoms with Crippen LogP contribution in [0.15, 0.2) is 72.3 Å². The molecule has 1 atom stereocenters. The molecular weight excluding hydrogens is 478 g/mol. The Morgan fingerprint density at radius 1 is 0.921 bits per heavy atom. The van der Waals surface area contributed by atoms with Crippen molar-refractivity contribution in [1.82, 2.24) is 0 Å². The van der Waals surface area contributed by atoms with Crippen LogP contribution in [0.1, 0.15) is 74.8 Å². The molecule has 1 saturated heterocycles. The molecule has 0 spiro atoms. The van der Waals surface area contributed by atoms with E-state index in [0.717, 1.165) is 16.7 Å².